The van der Waals surface area contributed by atoms with Crippen LogP contribution in [0.15, 0.2) is 29.6 Å². The number of aromatic nitrogens is 1. The molecule has 1 heterocycles. The normalized spacial score (nSPS) is 9.81. The minimum absolute atomic E-state index is 0.445. The Morgan fingerprint density at radius 2 is 2.12 bits per heavy atom. The summed E-state index contributed by atoms with van der Waals surface area (Å²) < 4.78 is 5.05. The minimum atomic E-state index is 0.445. The number of hydrogen-bond acceptors (Lipinski definition) is 5. The molecule has 0 aliphatic rings. The SMILES string of the molecule is COc1ccc(Nc2nc(C=O)cs2)cc1. The number of carbonyl (C=O) groups is 1. The van der Waals surface area contributed by atoms with Crippen LogP contribution in [0, 0.1) is 0 Å². The molecule has 1 aromatic carbocycles. The number of ether oxygens (including phenoxy) is 1. The number of carbonyl (C=O) groups excluding carboxylic acids is 1. The van der Waals surface area contributed by atoms with E-state index in [2.05, 4.69) is 10.3 Å². The first kappa shape index (κ1) is 10.6. The Morgan fingerprint density at radius 1 is 1.38 bits per heavy atom. The summed E-state index contributed by atoms with van der Waals surface area (Å²) in [5.74, 6) is 0.804. The van der Waals surface area contributed by atoms with Crippen LogP contribution in [0.2, 0.25) is 0 Å². The van der Waals surface area contributed by atoms with Gasteiger partial charge in [-0.1, -0.05) is 0 Å². The zero-order valence-corrected chi connectivity index (χ0v) is 9.45. The van der Waals surface area contributed by atoms with Crippen molar-refractivity contribution >= 4 is 28.4 Å². The molecule has 0 unspecified atom stereocenters. The van der Waals surface area contributed by atoms with Gasteiger partial charge < -0.3 is 10.1 Å². The number of thiazole rings is 1. The summed E-state index contributed by atoms with van der Waals surface area (Å²) in [6, 6.07) is 7.49. The summed E-state index contributed by atoms with van der Waals surface area (Å²) in [5.41, 5.74) is 1.36. The number of nitrogens with zero attached hydrogens (tertiary/aromatic N) is 1. The van der Waals surface area contributed by atoms with E-state index in [4.69, 9.17) is 4.74 Å². The van der Waals surface area contributed by atoms with Crippen molar-refractivity contribution in [3.05, 3.63) is 35.3 Å². The Hall–Kier alpha value is -1.88. The molecule has 0 aliphatic heterocycles. The molecule has 0 radical (unpaired) electrons. The molecule has 2 aromatic rings. The topological polar surface area (TPSA) is 51.2 Å². The second-order valence-corrected chi connectivity index (χ2v) is 3.91. The summed E-state index contributed by atoms with van der Waals surface area (Å²) in [6.45, 7) is 0. The van der Waals surface area contributed by atoms with Gasteiger partial charge in [-0.05, 0) is 24.3 Å². The summed E-state index contributed by atoms with van der Waals surface area (Å²) in [4.78, 5) is 14.5. The van der Waals surface area contributed by atoms with Crippen LogP contribution in [0.5, 0.6) is 5.75 Å². The third kappa shape index (κ3) is 2.38. The van der Waals surface area contributed by atoms with E-state index in [1.165, 1.54) is 11.3 Å². The van der Waals surface area contributed by atoms with Gasteiger partial charge in [-0.3, -0.25) is 4.79 Å². The summed E-state index contributed by atoms with van der Waals surface area (Å²) in [7, 11) is 1.62. The van der Waals surface area contributed by atoms with E-state index in [0.717, 1.165) is 17.7 Å². The fourth-order valence-corrected chi connectivity index (χ4v) is 1.87. The molecule has 82 valence electrons. The Labute approximate surface area is 96.9 Å². The van der Waals surface area contributed by atoms with Crippen molar-refractivity contribution in [1.82, 2.24) is 4.98 Å². The third-order valence-corrected chi connectivity index (χ3v) is 2.76. The smallest absolute Gasteiger partial charge is 0.187 e. The fourth-order valence-electron chi connectivity index (χ4n) is 1.20. The van der Waals surface area contributed by atoms with Gasteiger partial charge >= 0.3 is 0 Å². The molecular formula is C11H10N2O2S. The largest absolute Gasteiger partial charge is 0.497 e. The number of methoxy groups -OCH3 is 1. The fraction of sp³-hybridized carbons (Fsp3) is 0.0909. The van der Waals surface area contributed by atoms with Crippen LogP contribution >= 0.6 is 11.3 Å². The molecule has 1 aromatic heterocycles. The first-order valence-corrected chi connectivity index (χ1v) is 5.51. The Morgan fingerprint density at radius 3 is 2.69 bits per heavy atom. The van der Waals surface area contributed by atoms with Gasteiger partial charge in [-0.15, -0.1) is 11.3 Å². The van der Waals surface area contributed by atoms with E-state index in [9.17, 15) is 4.79 Å². The van der Waals surface area contributed by atoms with Gasteiger partial charge in [-0.2, -0.15) is 0 Å². The minimum Gasteiger partial charge on any atom is -0.497 e. The maximum atomic E-state index is 10.5. The van der Waals surface area contributed by atoms with Crippen LogP contribution in [0.4, 0.5) is 10.8 Å². The predicted molar refractivity (Wildman–Crippen MR) is 63.8 cm³/mol. The van der Waals surface area contributed by atoms with Crippen LogP contribution in [-0.4, -0.2) is 18.4 Å². The number of hydrogen-bond donors (Lipinski definition) is 1. The highest BCUT2D eigenvalue weighted by Crippen LogP contribution is 2.22. The van der Waals surface area contributed by atoms with E-state index in [1.54, 1.807) is 12.5 Å². The van der Waals surface area contributed by atoms with Gasteiger partial charge in [0.15, 0.2) is 11.4 Å². The summed E-state index contributed by atoms with van der Waals surface area (Å²) in [6.07, 6.45) is 0.732. The quantitative estimate of drug-likeness (QED) is 0.826. The van der Waals surface area contributed by atoms with Gasteiger partial charge in [0, 0.05) is 11.1 Å². The monoisotopic (exact) mass is 234 g/mol. The van der Waals surface area contributed by atoms with Gasteiger partial charge in [0.1, 0.15) is 11.4 Å². The number of aldehydes is 1. The van der Waals surface area contributed by atoms with E-state index >= 15 is 0 Å². The molecule has 0 aliphatic carbocycles. The number of benzene rings is 1. The second-order valence-electron chi connectivity index (χ2n) is 3.05. The second kappa shape index (κ2) is 4.76. The van der Waals surface area contributed by atoms with Crippen molar-refractivity contribution in [3.8, 4) is 5.75 Å². The summed E-state index contributed by atoms with van der Waals surface area (Å²) >= 11 is 1.39. The average Bonchev–Trinajstić information content (AvgIpc) is 2.78. The van der Waals surface area contributed by atoms with Crippen molar-refractivity contribution in [2.24, 2.45) is 0 Å². The first-order valence-electron chi connectivity index (χ1n) is 4.63. The van der Waals surface area contributed by atoms with E-state index in [-0.39, 0.29) is 0 Å². The van der Waals surface area contributed by atoms with Crippen molar-refractivity contribution in [3.63, 3.8) is 0 Å². The van der Waals surface area contributed by atoms with E-state index < -0.39 is 0 Å². The highest BCUT2D eigenvalue weighted by Gasteiger charge is 2.01. The van der Waals surface area contributed by atoms with Gasteiger partial charge in [0.2, 0.25) is 0 Å². The molecule has 2 rings (SSSR count). The van der Waals surface area contributed by atoms with Crippen molar-refractivity contribution < 1.29 is 9.53 Å². The molecule has 0 saturated carbocycles. The molecular weight excluding hydrogens is 224 g/mol. The maximum Gasteiger partial charge on any atom is 0.187 e. The standard InChI is InChI=1S/C11H10N2O2S/c1-15-10-4-2-8(3-5-10)12-11-13-9(6-14)7-16-11/h2-7H,1H3,(H,12,13). The van der Waals surface area contributed by atoms with Crippen LogP contribution < -0.4 is 10.1 Å². The maximum absolute atomic E-state index is 10.5. The van der Waals surface area contributed by atoms with E-state index in [1.807, 2.05) is 24.3 Å². The zero-order valence-electron chi connectivity index (χ0n) is 8.64. The average molecular weight is 234 g/mol. The van der Waals surface area contributed by atoms with Crippen LogP contribution in [0.1, 0.15) is 10.5 Å². The Balaban J connectivity index is 2.10. The van der Waals surface area contributed by atoms with Gasteiger partial charge in [-0.25, -0.2) is 4.98 Å². The molecule has 0 saturated heterocycles. The van der Waals surface area contributed by atoms with Crippen molar-refractivity contribution in [2.75, 3.05) is 12.4 Å². The zero-order chi connectivity index (χ0) is 11.4. The molecule has 0 amide bonds. The molecule has 5 heteroatoms. The Kier molecular flexibility index (Phi) is 3.16. The summed E-state index contributed by atoms with van der Waals surface area (Å²) in [5, 5.41) is 5.51. The van der Waals surface area contributed by atoms with Gasteiger partial charge in [0.05, 0.1) is 7.11 Å². The molecule has 1 N–H and O–H groups in total. The Bertz CT molecular complexity index is 479. The van der Waals surface area contributed by atoms with Crippen LogP contribution in [-0.2, 0) is 0 Å². The lowest BCUT2D eigenvalue weighted by Crippen LogP contribution is -1.90. The lowest BCUT2D eigenvalue weighted by atomic mass is 10.3. The molecule has 0 spiro atoms. The lowest BCUT2D eigenvalue weighted by Gasteiger charge is -2.03. The first-order chi connectivity index (χ1) is 7.81. The molecule has 4 nitrogen and oxygen atoms in total. The highest BCUT2D eigenvalue weighted by atomic mass is 32.1. The number of nitrogens with one attached hydrogen (secondary N) is 1. The van der Waals surface area contributed by atoms with Gasteiger partial charge in [0.25, 0.3) is 0 Å². The van der Waals surface area contributed by atoms with E-state index in [0.29, 0.717) is 10.8 Å². The molecule has 0 bridgehead atoms. The third-order valence-electron chi connectivity index (χ3n) is 1.98. The van der Waals surface area contributed by atoms with Crippen molar-refractivity contribution in [1.29, 1.82) is 0 Å². The van der Waals surface area contributed by atoms with Crippen molar-refractivity contribution in [2.45, 2.75) is 0 Å². The molecule has 0 fully saturated rings. The molecule has 0 atom stereocenters. The number of rotatable bonds is 4. The van der Waals surface area contributed by atoms with Crippen LogP contribution in [0.25, 0.3) is 0 Å². The lowest BCUT2D eigenvalue weighted by molar-refractivity contribution is 0.111. The number of anilines is 2. The predicted octanol–water partition coefficient (Wildman–Crippen LogP) is 2.71. The van der Waals surface area contributed by atoms with Crippen LogP contribution in [0.3, 0.4) is 0 Å². The molecule has 16 heavy (non-hydrogen) atoms. The highest BCUT2D eigenvalue weighted by molar-refractivity contribution is 7.13.